The van der Waals surface area contributed by atoms with E-state index in [0.717, 1.165) is 28.5 Å². The molecule has 0 radical (unpaired) electrons. The highest BCUT2D eigenvalue weighted by atomic mass is 15.8. The van der Waals surface area contributed by atoms with E-state index in [2.05, 4.69) is 187 Å². The van der Waals surface area contributed by atoms with E-state index in [4.69, 9.17) is 0 Å². The number of nitrogens with zero attached hydrogens (tertiary/aromatic N) is 4. The van der Waals surface area contributed by atoms with Crippen molar-refractivity contribution in [2.75, 3.05) is 13.2 Å². The van der Waals surface area contributed by atoms with E-state index in [1.807, 2.05) is 0 Å². The van der Waals surface area contributed by atoms with E-state index >= 15 is 0 Å². The van der Waals surface area contributed by atoms with Crippen molar-refractivity contribution < 1.29 is 9.05 Å². The number of para-hydroxylation sites is 1. The summed E-state index contributed by atoms with van der Waals surface area (Å²) in [5.74, 6) is 2.67. The fourth-order valence-corrected chi connectivity index (χ4v) is 10.7. The fourth-order valence-electron chi connectivity index (χ4n) is 10.7. The van der Waals surface area contributed by atoms with Crippen molar-refractivity contribution in [1.29, 1.82) is 0 Å². The van der Waals surface area contributed by atoms with E-state index in [1.54, 1.807) is 0 Å². The molecule has 0 spiro atoms. The monoisotopic (exact) mass is 691 g/mol. The highest BCUT2D eigenvalue weighted by Crippen LogP contribution is 2.56. The molecule has 0 saturated carbocycles. The average molecular weight is 692 g/mol. The summed E-state index contributed by atoms with van der Waals surface area (Å²) in [4.78, 5) is 0. The molecule has 4 unspecified atom stereocenters. The van der Waals surface area contributed by atoms with Gasteiger partial charge in [-0.15, -0.1) is 0 Å². The Hall–Kier alpha value is -4.25. The minimum atomic E-state index is -0.0603. The third-order valence-electron chi connectivity index (χ3n) is 13.3. The zero-order chi connectivity index (χ0) is 36.6. The van der Waals surface area contributed by atoms with Gasteiger partial charge in [-0.2, -0.15) is 13.5 Å². The van der Waals surface area contributed by atoms with E-state index in [-0.39, 0.29) is 11.5 Å². The quantitative estimate of drug-likeness (QED) is 0.102. The van der Waals surface area contributed by atoms with Crippen molar-refractivity contribution in [2.24, 2.45) is 5.92 Å². The molecule has 5 aromatic rings. The van der Waals surface area contributed by atoms with Crippen LogP contribution in [0.1, 0.15) is 115 Å². The molecule has 0 aliphatic carbocycles. The van der Waals surface area contributed by atoms with Crippen molar-refractivity contribution in [1.82, 2.24) is 9.05 Å². The molecular weight excluding hydrogens is 633 g/mol. The lowest BCUT2D eigenvalue weighted by atomic mass is 9.64. The smallest absolute Gasteiger partial charge is 0.222 e. The van der Waals surface area contributed by atoms with Gasteiger partial charge in [-0.25, -0.2) is 4.57 Å². The molecule has 4 heteroatoms. The van der Waals surface area contributed by atoms with E-state index in [1.165, 1.54) is 62.7 Å². The first-order valence-electron chi connectivity index (χ1n) is 20.0. The van der Waals surface area contributed by atoms with Gasteiger partial charge in [-0.1, -0.05) is 116 Å². The molecule has 4 aliphatic rings. The maximum Gasteiger partial charge on any atom is 0.294 e. The summed E-state index contributed by atoms with van der Waals surface area (Å²) in [7, 11) is 0. The zero-order valence-corrected chi connectivity index (χ0v) is 33.0. The first-order chi connectivity index (χ1) is 25.0. The molecule has 0 amide bonds. The SMILES string of the molecule is CCC1(CC)c2ccccc2-c2n(-c3c(C(C)C)cc(-c4ccccc4)cc3C(C)C)cc[n+]2C1c1ccccc1[N+]12C=C[N+](CC(C)C)(C1)C2C. The van der Waals surface area contributed by atoms with Crippen LogP contribution in [0, 0.1) is 5.92 Å². The molecule has 9 rings (SSSR count). The second-order valence-electron chi connectivity index (χ2n) is 17.1. The third kappa shape index (κ3) is 4.90. The first kappa shape index (κ1) is 34.8. The molecule has 0 N–H and O–H groups in total. The number of imidazole rings is 1. The first-order valence-corrected chi connectivity index (χ1v) is 20.0. The van der Waals surface area contributed by atoms with E-state index in [9.17, 15) is 0 Å². The van der Waals surface area contributed by atoms with Gasteiger partial charge in [0.1, 0.15) is 24.1 Å². The molecule has 1 aromatic heterocycles. The van der Waals surface area contributed by atoms with Crippen LogP contribution in [0.3, 0.4) is 0 Å². The van der Waals surface area contributed by atoms with Crippen LogP contribution in [0.4, 0.5) is 5.69 Å². The van der Waals surface area contributed by atoms with Crippen LogP contribution in [0.15, 0.2) is 116 Å². The Morgan fingerprint density at radius 3 is 2.04 bits per heavy atom. The standard InChI is InChI=1S/C48H59N4/c1-10-48(11-2)43-23-17-15-21-39(43)47-49(45-41(34(5)6)29-38(30-42(45)35(7)8)37-19-13-12-14-20-37)25-26-50(47)46(48)40-22-16-18-24-44(40)52-28-27-51(32-52,36(52)9)31-33(3)4/h12-30,33-36,46H,10-11,31-32H2,1-9H3/q+3. The molecule has 5 heterocycles. The second kappa shape index (κ2) is 12.7. The maximum absolute atomic E-state index is 2.69. The Balaban J connectivity index is 1.38. The molecule has 2 bridgehead atoms. The lowest BCUT2D eigenvalue weighted by molar-refractivity contribution is -0.961. The van der Waals surface area contributed by atoms with Crippen LogP contribution in [0.5, 0.6) is 0 Å². The zero-order valence-electron chi connectivity index (χ0n) is 33.0. The van der Waals surface area contributed by atoms with Crippen molar-refractivity contribution >= 4 is 5.69 Å². The van der Waals surface area contributed by atoms with Gasteiger partial charge in [0, 0.05) is 35.4 Å². The average Bonchev–Trinajstić information content (AvgIpc) is 3.84. The number of hydrogen-bond donors (Lipinski definition) is 0. The van der Waals surface area contributed by atoms with E-state index < -0.39 is 0 Å². The molecule has 52 heavy (non-hydrogen) atoms. The highest BCUT2D eigenvalue weighted by molar-refractivity contribution is 5.73. The van der Waals surface area contributed by atoms with Crippen LogP contribution >= 0.6 is 0 Å². The summed E-state index contributed by atoms with van der Waals surface area (Å²) < 4.78 is 7.29. The molecule has 4 atom stereocenters. The summed E-state index contributed by atoms with van der Waals surface area (Å²) in [6.07, 6.45) is 12.5. The van der Waals surface area contributed by atoms with Gasteiger partial charge in [0.15, 0.2) is 18.1 Å². The van der Waals surface area contributed by atoms with Crippen LogP contribution in [-0.4, -0.2) is 28.4 Å². The predicted molar refractivity (Wildman–Crippen MR) is 217 cm³/mol. The van der Waals surface area contributed by atoms with Crippen LogP contribution in [0.25, 0.3) is 28.2 Å². The van der Waals surface area contributed by atoms with Crippen LogP contribution < -0.4 is 9.05 Å². The Labute approximate surface area is 312 Å². The minimum absolute atomic E-state index is 0.0603. The second-order valence-corrected chi connectivity index (χ2v) is 17.1. The Morgan fingerprint density at radius 1 is 0.769 bits per heavy atom. The maximum atomic E-state index is 2.69. The molecular formula is C48H59N4+3. The van der Waals surface area contributed by atoms with E-state index in [0.29, 0.717) is 23.9 Å². The van der Waals surface area contributed by atoms with Crippen LogP contribution in [0.2, 0.25) is 0 Å². The minimum Gasteiger partial charge on any atom is -0.222 e. The van der Waals surface area contributed by atoms with Gasteiger partial charge in [-0.3, -0.25) is 0 Å². The third-order valence-corrected chi connectivity index (χ3v) is 13.3. The highest BCUT2D eigenvalue weighted by Gasteiger charge is 2.69. The number of benzene rings is 4. The van der Waals surface area contributed by atoms with Crippen molar-refractivity contribution in [3.05, 3.63) is 138 Å². The van der Waals surface area contributed by atoms with Gasteiger partial charge in [0.2, 0.25) is 12.8 Å². The summed E-state index contributed by atoms with van der Waals surface area (Å²) in [5.41, 5.74) is 12.4. The Kier molecular flexibility index (Phi) is 8.51. The van der Waals surface area contributed by atoms with Gasteiger partial charge in [0.25, 0.3) is 5.82 Å². The van der Waals surface area contributed by atoms with Gasteiger partial charge < -0.3 is 0 Å². The topological polar surface area (TPSA) is 8.81 Å². The number of aromatic nitrogens is 2. The Morgan fingerprint density at radius 2 is 1.40 bits per heavy atom. The van der Waals surface area contributed by atoms with Crippen molar-refractivity contribution in [3.8, 4) is 28.2 Å². The number of hydrogen-bond acceptors (Lipinski definition) is 0. The van der Waals surface area contributed by atoms with Crippen LogP contribution in [-0.2, 0) is 5.41 Å². The fraction of sp³-hybridized carbons (Fsp3) is 0.396. The number of quaternary nitrogens is 2. The summed E-state index contributed by atoms with van der Waals surface area (Å²) in [5, 5.41) is 0. The summed E-state index contributed by atoms with van der Waals surface area (Å²) >= 11 is 0. The Bertz CT molecular complexity index is 2120. The van der Waals surface area contributed by atoms with Crippen molar-refractivity contribution in [2.45, 2.75) is 105 Å². The number of fused-ring (bicyclic) bond motifs is 3. The van der Waals surface area contributed by atoms with Gasteiger partial charge >= 0.3 is 0 Å². The predicted octanol–water partition coefficient (Wildman–Crippen LogP) is 11.6. The summed E-state index contributed by atoms with van der Waals surface area (Å²) in [6.45, 7) is 23.8. The normalized spacial score (nSPS) is 24.0. The molecule has 1 fully saturated rings. The summed E-state index contributed by atoms with van der Waals surface area (Å²) in [6, 6.07) is 34.9. The molecule has 4 aliphatic heterocycles. The van der Waals surface area contributed by atoms with Gasteiger partial charge in [-0.05, 0) is 65.6 Å². The molecule has 4 aromatic carbocycles. The number of rotatable bonds is 10. The van der Waals surface area contributed by atoms with Crippen molar-refractivity contribution in [3.63, 3.8) is 0 Å². The largest absolute Gasteiger partial charge is 0.294 e. The lowest BCUT2D eigenvalue weighted by Crippen LogP contribution is -2.78. The molecule has 268 valence electrons. The lowest BCUT2D eigenvalue weighted by Gasteiger charge is -2.54. The molecule has 4 nitrogen and oxygen atoms in total. The molecule has 1 saturated heterocycles. The van der Waals surface area contributed by atoms with Gasteiger partial charge in [0.05, 0.1) is 17.7 Å².